The van der Waals surface area contributed by atoms with E-state index in [4.69, 9.17) is 16.6 Å². The Hall–Kier alpha value is -3.22. The van der Waals surface area contributed by atoms with Crippen molar-refractivity contribution in [3.8, 4) is 0 Å². The Morgan fingerprint density at radius 2 is 1.58 bits per heavy atom. The van der Waals surface area contributed by atoms with Gasteiger partial charge in [0.05, 0.1) is 18.9 Å². The number of hydrogen-bond acceptors (Lipinski definition) is 7. The zero-order valence-corrected chi connectivity index (χ0v) is 17.4. The predicted octanol–water partition coefficient (Wildman–Crippen LogP) is -2.63. The average Bonchev–Trinajstić information content (AvgIpc) is 3.14. The standard InChI is InChI=1S/C18H29N5O8/c1-8(2)14(20)16(28)21-9(6-12(19)24)15(27)22-10(7-13(25)26)17(29)23-5-3-4-11(23)18(30)31/h8-11,14H,3-7,20H2,1-2H3,(H2,19,24)(H,21,28)(H,22,27)(H,25,26)(H,30,31). The van der Waals surface area contributed by atoms with Gasteiger partial charge in [0, 0.05) is 6.54 Å². The van der Waals surface area contributed by atoms with Gasteiger partial charge in [0.1, 0.15) is 18.1 Å². The van der Waals surface area contributed by atoms with Gasteiger partial charge < -0.3 is 37.2 Å². The summed E-state index contributed by atoms with van der Waals surface area (Å²) in [6, 6.07) is -5.21. The second-order valence-corrected chi connectivity index (χ2v) is 7.69. The molecule has 0 saturated carbocycles. The van der Waals surface area contributed by atoms with E-state index in [1.165, 1.54) is 0 Å². The third-order valence-electron chi connectivity index (χ3n) is 4.87. The van der Waals surface area contributed by atoms with Crippen molar-refractivity contribution < 1.29 is 39.0 Å². The summed E-state index contributed by atoms with van der Waals surface area (Å²) >= 11 is 0. The Labute approximate surface area is 178 Å². The lowest BCUT2D eigenvalue weighted by molar-refractivity contribution is -0.150. The summed E-state index contributed by atoms with van der Waals surface area (Å²) in [4.78, 5) is 72.6. The van der Waals surface area contributed by atoms with Crippen LogP contribution in [0, 0.1) is 5.92 Å². The Morgan fingerprint density at radius 3 is 2.06 bits per heavy atom. The van der Waals surface area contributed by atoms with E-state index in [1.807, 2.05) is 0 Å². The van der Waals surface area contributed by atoms with Crippen LogP contribution in [0.3, 0.4) is 0 Å². The number of nitrogens with zero attached hydrogens (tertiary/aromatic N) is 1. The molecular weight excluding hydrogens is 414 g/mol. The first kappa shape index (κ1) is 25.8. The number of carboxylic acids is 2. The molecule has 0 aromatic rings. The van der Waals surface area contributed by atoms with Crippen molar-refractivity contribution in [3.63, 3.8) is 0 Å². The maximum atomic E-state index is 12.8. The molecule has 1 aliphatic rings. The van der Waals surface area contributed by atoms with Gasteiger partial charge in [0.25, 0.3) is 0 Å². The van der Waals surface area contributed by atoms with E-state index < -0.39 is 72.6 Å². The number of nitrogens with two attached hydrogens (primary N) is 2. The third kappa shape index (κ3) is 7.51. The van der Waals surface area contributed by atoms with Gasteiger partial charge in [-0.15, -0.1) is 0 Å². The molecule has 31 heavy (non-hydrogen) atoms. The van der Waals surface area contributed by atoms with Crippen LogP contribution in [0.2, 0.25) is 0 Å². The van der Waals surface area contributed by atoms with Crippen molar-refractivity contribution in [2.75, 3.05) is 6.54 Å². The molecule has 0 aliphatic carbocycles. The van der Waals surface area contributed by atoms with Crippen molar-refractivity contribution in [2.24, 2.45) is 17.4 Å². The van der Waals surface area contributed by atoms with Crippen LogP contribution < -0.4 is 22.1 Å². The summed E-state index contributed by atoms with van der Waals surface area (Å²) in [6.45, 7) is 3.43. The molecule has 174 valence electrons. The number of aliphatic carboxylic acids is 2. The van der Waals surface area contributed by atoms with E-state index in [1.54, 1.807) is 13.8 Å². The molecule has 0 aromatic carbocycles. The minimum absolute atomic E-state index is 0.0898. The van der Waals surface area contributed by atoms with E-state index in [2.05, 4.69) is 10.6 Å². The number of likely N-dealkylation sites (tertiary alicyclic amines) is 1. The summed E-state index contributed by atoms with van der Waals surface area (Å²) in [5.41, 5.74) is 10.9. The number of nitrogens with one attached hydrogen (secondary N) is 2. The molecule has 0 spiro atoms. The molecule has 8 N–H and O–H groups in total. The molecule has 0 radical (unpaired) electrons. The molecule has 1 heterocycles. The molecule has 1 fully saturated rings. The smallest absolute Gasteiger partial charge is 0.326 e. The summed E-state index contributed by atoms with van der Waals surface area (Å²) in [6.07, 6.45) is -0.833. The largest absolute Gasteiger partial charge is 0.481 e. The summed E-state index contributed by atoms with van der Waals surface area (Å²) in [5.74, 6) is -6.50. The Morgan fingerprint density at radius 1 is 1.00 bits per heavy atom. The molecule has 4 unspecified atom stereocenters. The van der Waals surface area contributed by atoms with Crippen LogP contribution in [0.1, 0.15) is 39.5 Å². The Bertz CT molecular complexity index is 740. The van der Waals surface area contributed by atoms with Gasteiger partial charge in [-0.3, -0.25) is 24.0 Å². The number of carbonyl (C=O) groups excluding carboxylic acids is 4. The van der Waals surface area contributed by atoms with Crippen LogP contribution in [0.25, 0.3) is 0 Å². The molecule has 13 nitrogen and oxygen atoms in total. The van der Waals surface area contributed by atoms with Crippen LogP contribution in [0.15, 0.2) is 0 Å². The second kappa shape index (κ2) is 11.2. The van der Waals surface area contributed by atoms with Gasteiger partial charge in [-0.25, -0.2) is 4.79 Å². The van der Waals surface area contributed by atoms with E-state index in [0.717, 1.165) is 4.90 Å². The first-order valence-electron chi connectivity index (χ1n) is 9.74. The van der Waals surface area contributed by atoms with Crippen molar-refractivity contribution in [1.82, 2.24) is 15.5 Å². The molecule has 1 aliphatic heterocycles. The number of rotatable bonds is 11. The van der Waals surface area contributed by atoms with Gasteiger partial charge in [-0.1, -0.05) is 13.8 Å². The number of carboxylic acid groups (broad SMARTS) is 2. The number of carbonyl (C=O) groups is 6. The summed E-state index contributed by atoms with van der Waals surface area (Å²) in [7, 11) is 0. The Balaban J connectivity index is 3.03. The summed E-state index contributed by atoms with van der Waals surface area (Å²) in [5, 5.41) is 22.9. The second-order valence-electron chi connectivity index (χ2n) is 7.69. The lowest BCUT2D eigenvalue weighted by atomic mass is 10.0. The predicted molar refractivity (Wildman–Crippen MR) is 105 cm³/mol. The Kier molecular flexibility index (Phi) is 9.37. The molecule has 4 amide bonds. The van der Waals surface area contributed by atoms with Crippen LogP contribution >= 0.6 is 0 Å². The van der Waals surface area contributed by atoms with E-state index in [9.17, 15) is 33.9 Å². The van der Waals surface area contributed by atoms with Gasteiger partial charge in [0.2, 0.25) is 23.6 Å². The monoisotopic (exact) mass is 443 g/mol. The molecule has 1 saturated heterocycles. The molecule has 13 heteroatoms. The molecule has 0 bridgehead atoms. The average molecular weight is 443 g/mol. The zero-order valence-electron chi connectivity index (χ0n) is 17.4. The normalized spacial score (nSPS) is 18.7. The van der Waals surface area contributed by atoms with Crippen molar-refractivity contribution in [1.29, 1.82) is 0 Å². The van der Waals surface area contributed by atoms with Crippen LogP contribution in [-0.4, -0.2) is 81.4 Å². The molecule has 4 atom stereocenters. The zero-order chi connectivity index (χ0) is 23.9. The van der Waals surface area contributed by atoms with Gasteiger partial charge >= 0.3 is 11.9 Å². The summed E-state index contributed by atoms with van der Waals surface area (Å²) < 4.78 is 0. The fraction of sp³-hybridized carbons (Fsp3) is 0.667. The fourth-order valence-corrected chi connectivity index (χ4v) is 3.12. The van der Waals surface area contributed by atoms with Crippen LogP contribution in [0.5, 0.6) is 0 Å². The maximum Gasteiger partial charge on any atom is 0.326 e. The van der Waals surface area contributed by atoms with Crippen molar-refractivity contribution >= 4 is 35.6 Å². The maximum absolute atomic E-state index is 12.8. The minimum Gasteiger partial charge on any atom is -0.481 e. The number of hydrogen-bond donors (Lipinski definition) is 6. The minimum atomic E-state index is -1.60. The first-order chi connectivity index (χ1) is 14.3. The highest BCUT2D eigenvalue weighted by Gasteiger charge is 2.39. The van der Waals surface area contributed by atoms with Crippen LogP contribution in [0.4, 0.5) is 0 Å². The lowest BCUT2D eigenvalue weighted by Crippen LogP contribution is -2.58. The van der Waals surface area contributed by atoms with Gasteiger partial charge in [-0.05, 0) is 18.8 Å². The molecule has 0 aromatic heterocycles. The highest BCUT2D eigenvalue weighted by Crippen LogP contribution is 2.19. The third-order valence-corrected chi connectivity index (χ3v) is 4.87. The molecule has 1 rings (SSSR count). The topological polar surface area (TPSA) is 222 Å². The van der Waals surface area contributed by atoms with E-state index >= 15 is 0 Å². The van der Waals surface area contributed by atoms with Crippen molar-refractivity contribution in [2.45, 2.75) is 63.7 Å². The molecular formula is C18H29N5O8. The van der Waals surface area contributed by atoms with Gasteiger partial charge in [0.15, 0.2) is 0 Å². The quantitative estimate of drug-likeness (QED) is 0.196. The van der Waals surface area contributed by atoms with E-state index in [0.29, 0.717) is 6.42 Å². The first-order valence-corrected chi connectivity index (χ1v) is 9.74. The highest BCUT2D eigenvalue weighted by atomic mass is 16.4. The van der Waals surface area contributed by atoms with Gasteiger partial charge in [-0.2, -0.15) is 0 Å². The number of amides is 4. The SMILES string of the molecule is CC(C)C(N)C(=O)NC(CC(N)=O)C(=O)NC(CC(=O)O)C(=O)N1CCCC1C(=O)O. The highest BCUT2D eigenvalue weighted by molar-refractivity contribution is 5.97. The van der Waals surface area contributed by atoms with Crippen LogP contribution in [-0.2, 0) is 28.8 Å². The fourth-order valence-electron chi connectivity index (χ4n) is 3.12. The lowest BCUT2D eigenvalue weighted by Gasteiger charge is -2.28. The van der Waals surface area contributed by atoms with E-state index in [-0.39, 0.29) is 18.9 Å². The number of primary amides is 1. The van der Waals surface area contributed by atoms with Crippen molar-refractivity contribution in [3.05, 3.63) is 0 Å².